The summed E-state index contributed by atoms with van der Waals surface area (Å²) < 4.78 is 13.4. The molecule has 3 aromatic heterocycles. The normalized spacial score (nSPS) is 25.5. The number of morpholine rings is 1. The highest BCUT2D eigenvalue weighted by atomic mass is 16.5. The van der Waals surface area contributed by atoms with Crippen LogP contribution in [0.2, 0.25) is 0 Å². The molecule has 0 bridgehead atoms. The third-order valence-electron chi connectivity index (χ3n) is 9.92. The first-order valence-electron chi connectivity index (χ1n) is 16.0. The molecule has 2 saturated carbocycles. The van der Waals surface area contributed by atoms with Gasteiger partial charge < -0.3 is 19.5 Å². The number of nitrogens with zero attached hydrogens (tertiary/aromatic N) is 6. The van der Waals surface area contributed by atoms with Crippen LogP contribution in [0.4, 0.5) is 11.8 Å². The molecular weight excluding hydrogens is 544 g/mol. The standard InChI is InChI=1S/C32H42N8O3/c1-19-12-14-22(15-13-19)18-40-26-27(33-20(2)23-10-7-11-23)34-29(30-37-32(41)43-38-30)35-28(26)36-31(40)39-16-17-42-21(3)25(39)24-8-5-4-6-9-24/h4-6,8-9,19-23,25H,7,10-18H2,1-3H3,(H,33,34,35)(H,37,38,41)/t19?,20-,21-,22?,25+/m1/s1. The maximum atomic E-state index is 11.8. The SMILES string of the molecule is CC1CCC(Cn2c(N3CCO[C@H](C)[C@H]3c3ccccc3)nc3nc(-c4noc(=O)[nH]4)nc(N[C@H](C)C4CCC4)c32)CC1. The minimum absolute atomic E-state index is 0.00141. The van der Waals surface area contributed by atoms with Gasteiger partial charge in [-0.2, -0.15) is 4.98 Å². The highest BCUT2D eigenvalue weighted by Crippen LogP contribution is 2.39. The summed E-state index contributed by atoms with van der Waals surface area (Å²) in [6, 6.07) is 10.8. The maximum absolute atomic E-state index is 11.8. The van der Waals surface area contributed by atoms with E-state index in [4.69, 9.17) is 24.2 Å². The van der Waals surface area contributed by atoms with E-state index in [1.54, 1.807) is 0 Å². The summed E-state index contributed by atoms with van der Waals surface area (Å²) >= 11 is 0. The molecule has 4 heterocycles. The van der Waals surface area contributed by atoms with Gasteiger partial charge in [-0.1, -0.05) is 61.7 Å². The van der Waals surface area contributed by atoms with Crippen LogP contribution in [-0.4, -0.2) is 55.0 Å². The van der Waals surface area contributed by atoms with Crippen LogP contribution in [-0.2, 0) is 11.3 Å². The average molecular weight is 587 g/mol. The van der Waals surface area contributed by atoms with Gasteiger partial charge in [-0.25, -0.2) is 14.8 Å². The number of imidazole rings is 1. The molecule has 11 heteroatoms. The first-order chi connectivity index (χ1) is 20.9. The number of anilines is 2. The summed E-state index contributed by atoms with van der Waals surface area (Å²) in [6.07, 6.45) is 8.56. The Morgan fingerprint density at radius 2 is 1.84 bits per heavy atom. The molecule has 1 aromatic carbocycles. The highest BCUT2D eigenvalue weighted by molar-refractivity contribution is 5.87. The summed E-state index contributed by atoms with van der Waals surface area (Å²) in [5.74, 6) is 3.38. The monoisotopic (exact) mass is 586 g/mol. The number of nitrogens with one attached hydrogen (secondary N) is 2. The predicted molar refractivity (Wildman–Crippen MR) is 165 cm³/mol. The van der Waals surface area contributed by atoms with Crippen LogP contribution >= 0.6 is 0 Å². The third kappa shape index (κ3) is 5.55. The Kier molecular flexibility index (Phi) is 7.67. The second kappa shape index (κ2) is 11.7. The second-order valence-corrected chi connectivity index (χ2v) is 12.9. The molecule has 0 unspecified atom stereocenters. The fourth-order valence-electron chi connectivity index (χ4n) is 7.14. The highest BCUT2D eigenvalue weighted by Gasteiger charge is 2.36. The van der Waals surface area contributed by atoms with Crippen molar-refractivity contribution in [3.8, 4) is 11.6 Å². The summed E-state index contributed by atoms with van der Waals surface area (Å²) in [5, 5.41) is 7.65. The van der Waals surface area contributed by atoms with Crippen LogP contribution in [0, 0.1) is 17.8 Å². The van der Waals surface area contributed by atoms with Crippen molar-refractivity contribution in [1.29, 1.82) is 0 Å². The molecule has 4 aromatic rings. The number of ether oxygens (including phenoxy) is 1. The van der Waals surface area contributed by atoms with Crippen LogP contribution < -0.4 is 16.0 Å². The number of benzene rings is 1. The lowest BCUT2D eigenvalue weighted by molar-refractivity contribution is 0.0221. The number of aromatic nitrogens is 6. The summed E-state index contributed by atoms with van der Waals surface area (Å²) in [7, 11) is 0. The van der Waals surface area contributed by atoms with Gasteiger partial charge in [0.05, 0.1) is 18.8 Å². The van der Waals surface area contributed by atoms with Crippen molar-refractivity contribution in [3.05, 3.63) is 46.4 Å². The molecule has 0 amide bonds. The van der Waals surface area contributed by atoms with Crippen LogP contribution in [0.15, 0.2) is 39.6 Å². The first-order valence-corrected chi connectivity index (χ1v) is 16.0. The second-order valence-electron chi connectivity index (χ2n) is 12.9. The zero-order chi connectivity index (χ0) is 29.5. The van der Waals surface area contributed by atoms with Gasteiger partial charge in [0.15, 0.2) is 11.5 Å². The van der Waals surface area contributed by atoms with E-state index in [0.717, 1.165) is 29.7 Å². The van der Waals surface area contributed by atoms with Crippen molar-refractivity contribution in [2.75, 3.05) is 23.4 Å². The molecular formula is C32H42N8O3. The number of rotatable bonds is 8. The van der Waals surface area contributed by atoms with E-state index in [2.05, 4.69) is 70.0 Å². The number of fused-ring (bicyclic) bond motifs is 1. The van der Waals surface area contributed by atoms with Crippen molar-refractivity contribution in [1.82, 2.24) is 29.7 Å². The number of aromatic amines is 1. The average Bonchev–Trinajstić information content (AvgIpc) is 3.57. The van der Waals surface area contributed by atoms with Gasteiger partial charge in [-0.3, -0.25) is 9.51 Å². The topological polar surface area (TPSA) is 127 Å². The van der Waals surface area contributed by atoms with Gasteiger partial charge in [0.1, 0.15) is 5.52 Å². The van der Waals surface area contributed by atoms with E-state index in [1.165, 1.54) is 50.5 Å². The minimum atomic E-state index is -0.637. The minimum Gasteiger partial charge on any atom is -0.374 e. The molecule has 1 saturated heterocycles. The van der Waals surface area contributed by atoms with Crippen LogP contribution in [0.5, 0.6) is 0 Å². The van der Waals surface area contributed by atoms with Crippen molar-refractivity contribution >= 4 is 22.9 Å². The quantitative estimate of drug-likeness (QED) is 0.273. The van der Waals surface area contributed by atoms with E-state index in [-0.39, 0.29) is 24.0 Å². The first kappa shape index (κ1) is 28.1. The molecule has 0 spiro atoms. The number of H-pyrrole nitrogens is 1. The lowest BCUT2D eigenvalue weighted by atomic mass is 9.80. The Hall–Kier alpha value is -3.73. The van der Waals surface area contributed by atoms with E-state index >= 15 is 0 Å². The van der Waals surface area contributed by atoms with E-state index in [9.17, 15) is 4.79 Å². The number of hydrogen-bond acceptors (Lipinski definition) is 9. The van der Waals surface area contributed by atoms with Gasteiger partial charge in [-0.05, 0) is 62.8 Å². The molecule has 0 radical (unpaired) electrons. The fourth-order valence-corrected chi connectivity index (χ4v) is 7.14. The predicted octanol–water partition coefficient (Wildman–Crippen LogP) is 5.56. The van der Waals surface area contributed by atoms with Gasteiger partial charge in [0.25, 0.3) is 0 Å². The van der Waals surface area contributed by atoms with E-state index < -0.39 is 5.76 Å². The Morgan fingerprint density at radius 1 is 1.05 bits per heavy atom. The molecule has 3 aliphatic rings. The summed E-state index contributed by atoms with van der Waals surface area (Å²) in [6.45, 7) is 8.92. The van der Waals surface area contributed by atoms with Gasteiger partial charge in [0.2, 0.25) is 17.6 Å². The van der Waals surface area contributed by atoms with Crippen LogP contribution in [0.3, 0.4) is 0 Å². The van der Waals surface area contributed by atoms with Crippen molar-refractivity contribution in [2.24, 2.45) is 17.8 Å². The summed E-state index contributed by atoms with van der Waals surface area (Å²) in [5.41, 5.74) is 2.69. The van der Waals surface area contributed by atoms with E-state index in [1.807, 2.05) is 6.07 Å². The molecule has 11 nitrogen and oxygen atoms in total. The van der Waals surface area contributed by atoms with Gasteiger partial charge in [-0.15, -0.1) is 0 Å². The molecule has 3 atom stereocenters. The Bertz CT molecular complexity index is 1600. The van der Waals surface area contributed by atoms with Gasteiger partial charge >= 0.3 is 5.76 Å². The van der Waals surface area contributed by atoms with Crippen molar-refractivity contribution < 1.29 is 9.26 Å². The Morgan fingerprint density at radius 3 is 2.53 bits per heavy atom. The smallest absolute Gasteiger partial charge is 0.374 e. The molecule has 2 N–H and O–H groups in total. The molecule has 2 aliphatic carbocycles. The number of hydrogen-bond donors (Lipinski definition) is 2. The Labute approximate surface area is 251 Å². The third-order valence-corrected chi connectivity index (χ3v) is 9.92. The largest absolute Gasteiger partial charge is 0.439 e. The lowest BCUT2D eigenvalue weighted by Gasteiger charge is -2.41. The summed E-state index contributed by atoms with van der Waals surface area (Å²) in [4.78, 5) is 32.0. The zero-order valence-electron chi connectivity index (χ0n) is 25.3. The lowest BCUT2D eigenvalue weighted by Crippen LogP contribution is -2.45. The van der Waals surface area contributed by atoms with Crippen molar-refractivity contribution in [3.63, 3.8) is 0 Å². The van der Waals surface area contributed by atoms with E-state index in [0.29, 0.717) is 36.5 Å². The molecule has 228 valence electrons. The Balaban J connectivity index is 1.39. The molecule has 1 aliphatic heterocycles. The van der Waals surface area contributed by atoms with Gasteiger partial charge in [0, 0.05) is 19.1 Å². The molecule has 7 rings (SSSR count). The van der Waals surface area contributed by atoms with Crippen LogP contribution in [0.25, 0.3) is 22.8 Å². The zero-order valence-corrected chi connectivity index (χ0v) is 25.3. The van der Waals surface area contributed by atoms with Crippen molar-refractivity contribution in [2.45, 2.75) is 90.4 Å². The maximum Gasteiger partial charge on any atom is 0.439 e. The van der Waals surface area contributed by atoms with Crippen LogP contribution in [0.1, 0.15) is 77.3 Å². The molecule has 43 heavy (non-hydrogen) atoms. The molecule has 3 fully saturated rings. The fraction of sp³-hybridized carbons (Fsp3) is 0.594.